The lowest BCUT2D eigenvalue weighted by atomic mass is 10.1. The van der Waals surface area contributed by atoms with E-state index in [2.05, 4.69) is 41.7 Å². The smallest absolute Gasteiger partial charge is 0.120 e. The summed E-state index contributed by atoms with van der Waals surface area (Å²) in [5.41, 5.74) is 0. The van der Waals surface area contributed by atoms with Gasteiger partial charge >= 0.3 is 0 Å². The van der Waals surface area contributed by atoms with Gasteiger partial charge in [-0.2, -0.15) is 0 Å². The van der Waals surface area contributed by atoms with Crippen LogP contribution in [0.25, 0.3) is 10.8 Å². The molecule has 3 heteroatoms. The number of ether oxygens (including phenoxy) is 2. The fourth-order valence-corrected chi connectivity index (χ4v) is 2.73. The van der Waals surface area contributed by atoms with Gasteiger partial charge in [-0.25, -0.2) is 0 Å². The summed E-state index contributed by atoms with van der Waals surface area (Å²) in [7, 11) is 1.96. The van der Waals surface area contributed by atoms with Gasteiger partial charge in [0.2, 0.25) is 0 Å². The number of hydrogen-bond donors (Lipinski definition) is 1. The number of likely N-dealkylation sites (N-methyl/N-ethyl adjacent to an activating group) is 1. The van der Waals surface area contributed by atoms with E-state index in [9.17, 15) is 0 Å². The number of nitrogens with one attached hydrogen (secondary N) is 1. The molecule has 2 atom stereocenters. The van der Waals surface area contributed by atoms with Crippen LogP contribution in [0.2, 0.25) is 0 Å². The Morgan fingerprint density at radius 1 is 1.10 bits per heavy atom. The Morgan fingerprint density at radius 2 is 1.90 bits per heavy atom. The molecular weight excluding hydrogens is 250 g/mol. The largest absolute Gasteiger partial charge is 0.491 e. The lowest BCUT2D eigenvalue weighted by Crippen LogP contribution is -2.25. The molecule has 0 amide bonds. The molecule has 1 aliphatic rings. The summed E-state index contributed by atoms with van der Waals surface area (Å²) < 4.78 is 11.8. The van der Waals surface area contributed by atoms with Crippen LogP contribution in [0.1, 0.15) is 12.8 Å². The van der Waals surface area contributed by atoms with E-state index in [4.69, 9.17) is 9.47 Å². The molecule has 1 fully saturated rings. The fourth-order valence-electron chi connectivity index (χ4n) is 2.73. The second-order valence-electron chi connectivity index (χ2n) is 5.34. The zero-order valence-corrected chi connectivity index (χ0v) is 11.8. The summed E-state index contributed by atoms with van der Waals surface area (Å²) in [6, 6.07) is 14.5. The van der Waals surface area contributed by atoms with E-state index >= 15 is 0 Å². The van der Waals surface area contributed by atoms with Crippen molar-refractivity contribution in [1.29, 1.82) is 0 Å². The number of rotatable bonds is 5. The molecule has 1 N–H and O–H groups in total. The van der Waals surface area contributed by atoms with Crippen molar-refractivity contribution in [3.05, 3.63) is 42.5 Å². The van der Waals surface area contributed by atoms with E-state index in [0.29, 0.717) is 12.7 Å². The predicted molar refractivity (Wildman–Crippen MR) is 81.3 cm³/mol. The number of fused-ring (bicyclic) bond motifs is 1. The van der Waals surface area contributed by atoms with Crippen molar-refractivity contribution < 1.29 is 9.47 Å². The molecule has 1 aliphatic heterocycles. The Hall–Kier alpha value is -1.58. The lowest BCUT2D eigenvalue weighted by molar-refractivity contribution is 0.0194. The average Bonchev–Trinajstić information content (AvgIpc) is 2.93. The van der Waals surface area contributed by atoms with Gasteiger partial charge in [-0.1, -0.05) is 30.3 Å². The van der Waals surface area contributed by atoms with Crippen molar-refractivity contribution in [1.82, 2.24) is 5.32 Å². The molecule has 3 rings (SSSR count). The van der Waals surface area contributed by atoms with Crippen molar-refractivity contribution in [2.45, 2.75) is 25.0 Å². The second kappa shape index (κ2) is 6.25. The molecule has 1 saturated heterocycles. The van der Waals surface area contributed by atoms with Gasteiger partial charge in [0.1, 0.15) is 12.4 Å². The maximum absolute atomic E-state index is 5.92. The molecule has 20 heavy (non-hydrogen) atoms. The van der Waals surface area contributed by atoms with Gasteiger partial charge in [0.05, 0.1) is 12.2 Å². The topological polar surface area (TPSA) is 30.5 Å². The third-order valence-electron chi connectivity index (χ3n) is 3.78. The van der Waals surface area contributed by atoms with Crippen molar-refractivity contribution in [3.8, 4) is 5.75 Å². The van der Waals surface area contributed by atoms with Gasteiger partial charge in [-0.05, 0) is 42.8 Å². The monoisotopic (exact) mass is 271 g/mol. The lowest BCUT2D eigenvalue weighted by Gasteiger charge is -2.14. The molecule has 1 heterocycles. The molecule has 0 radical (unpaired) electrons. The highest BCUT2D eigenvalue weighted by atomic mass is 16.5. The Balaban J connectivity index is 1.57. The summed E-state index contributed by atoms with van der Waals surface area (Å²) in [4.78, 5) is 0. The molecule has 0 bridgehead atoms. The van der Waals surface area contributed by atoms with E-state index in [1.165, 1.54) is 10.8 Å². The molecule has 0 spiro atoms. The van der Waals surface area contributed by atoms with Gasteiger partial charge < -0.3 is 14.8 Å². The van der Waals surface area contributed by atoms with Crippen LogP contribution >= 0.6 is 0 Å². The quantitative estimate of drug-likeness (QED) is 0.907. The first-order chi connectivity index (χ1) is 9.85. The van der Waals surface area contributed by atoms with Gasteiger partial charge in [0, 0.05) is 6.54 Å². The van der Waals surface area contributed by atoms with Crippen LogP contribution < -0.4 is 10.1 Å². The minimum Gasteiger partial charge on any atom is -0.491 e. The molecule has 3 nitrogen and oxygen atoms in total. The zero-order chi connectivity index (χ0) is 13.8. The third-order valence-corrected chi connectivity index (χ3v) is 3.78. The Kier molecular flexibility index (Phi) is 4.19. The highest BCUT2D eigenvalue weighted by Crippen LogP contribution is 2.23. The number of benzene rings is 2. The van der Waals surface area contributed by atoms with Crippen LogP contribution in [0.5, 0.6) is 5.75 Å². The summed E-state index contributed by atoms with van der Waals surface area (Å²) >= 11 is 0. The SMILES string of the molecule is CNCC1CCC(COc2ccc3ccccc3c2)O1. The van der Waals surface area contributed by atoms with Crippen LogP contribution in [0, 0.1) is 0 Å². The van der Waals surface area contributed by atoms with Crippen LogP contribution in [0.15, 0.2) is 42.5 Å². The van der Waals surface area contributed by atoms with E-state index < -0.39 is 0 Å². The Bertz CT molecular complexity index is 570. The Morgan fingerprint density at radius 3 is 2.75 bits per heavy atom. The maximum Gasteiger partial charge on any atom is 0.120 e. The minimum atomic E-state index is 0.222. The molecule has 0 saturated carbocycles. The standard InChI is InChI=1S/C17H21NO2/c1-18-11-16-8-9-17(20-16)12-19-15-7-6-13-4-2-3-5-14(13)10-15/h2-7,10,16-18H,8-9,11-12H2,1H3. The maximum atomic E-state index is 5.92. The molecular formula is C17H21NO2. The summed E-state index contributed by atoms with van der Waals surface area (Å²) in [5, 5.41) is 5.61. The van der Waals surface area contributed by atoms with E-state index in [-0.39, 0.29) is 6.10 Å². The van der Waals surface area contributed by atoms with Crippen LogP contribution in [-0.4, -0.2) is 32.4 Å². The highest BCUT2D eigenvalue weighted by Gasteiger charge is 2.24. The van der Waals surface area contributed by atoms with Crippen LogP contribution in [-0.2, 0) is 4.74 Å². The first-order valence-electron chi connectivity index (χ1n) is 7.27. The van der Waals surface area contributed by atoms with Gasteiger partial charge in [-0.3, -0.25) is 0 Å². The fraction of sp³-hybridized carbons (Fsp3) is 0.412. The van der Waals surface area contributed by atoms with E-state index in [0.717, 1.165) is 25.1 Å². The zero-order valence-electron chi connectivity index (χ0n) is 11.8. The third kappa shape index (κ3) is 3.11. The molecule has 0 aliphatic carbocycles. The Labute approximate surface area is 119 Å². The average molecular weight is 271 g/mol. The van der Waals surface area contributed by atoms with Crippen molar-refractivity contribution >= 4 is 10.8 Å². The molecule has 2 aromatic carbocycles. The normalized spacial score (nSPS) is 22.2. The van der Waals surface area contributed by atoms with Crippen LogP contribution in [0.3, 0.4) is 0 Å². The highest BCUT2D eigenvalue weighted by molar-refractivity contribution is 5.83. The molecule has 0 aromatic heterocycles. The number of hydrogen-bond acceptors (Lipinski definition) is 3. The van der Waals surface area contributed by atoms with Crippen LogP contribution in [0.4, 0.5) is 0 Å². The van der Waals surface area contributed by atoms with Crippen molar-refractivity contribution in [3.63, 3.8) is 0 Å². The minimum absolute atomic E-state index is 0.222. The van der Waals surface area contributed by atoms with Gasteiger partial charge in [-0.15, -0.1) is 0 Å². The van der Waals surface area contributed by atoms with E-state index in [1.807, 2.05) is 13.1 Å². The summed E-state index contributed by atoms with van der Waals surface area (Å²) in [6.45, 7) is 1.56. The summed E-state index contributed by atoms with van der Waals surface area (Å²) in [5.74, 6) is 0.921. The molecule has 106 valence electrons. The molecule has 2 unspecified atom stereocenters. The van der Waals surface area contributed by atoms with Gasteiger partial charge in [0.15, 0.2) is 0 Å². The predicted octanol–water partition coefficient (Wildman–Crippen LogP) is 2.99. The first-order valence-corrected chi connectivity index (χ1v) is 7.27. The van der Waals surface area contributed by atoms with E-state index in [1.54, 1.807) is 0 Å². The first kappa shape index (κ1) is 13.4. The summed E-state index contributed by atoms with van der Waals surface area (Å²) in [6.07, 6.45) is 2.76. The molecule has 2 aromatic rings. The van der Waals surface area contributed by atoms with Crippen molar-refractivity contribution in [2.24, 2.45) is 0 Å². The van der Waals surface area contributed by atoms with Gasteiger partial charge in [0.25, 0.3) is 0 Å². The van der Waals surface area contributed by atoms with Crippen molar-refractivity contribution in [2.75, 3.05) is 20.2 Å². The second-order valence-corrected chi connectivity index (χ2v) is 5.34.